The van der Waals surface area contributed by atoms with E-state index in [2.05, 4.69) is 5.32 Å². The number of amides is 1. The Morgan fingerprint density at radius 2 is 1.76 bits per heavy atom. The van der Waals surface area contributed by atoms with Crippen molar-refractivity contribution in [3.05, 3.63) is 17.7 Å². The Labute approximate surface area is 149 Å². The average Bonchev–Trinajstić information content (AvgIpc) is 2.53. The van der Waals surface area contributed by atoms with Gasteiger partial charge in [0.2, 0.25) is 10.0 Å². The Hall–Kier alpha value is -2.00. The molecule has 0 aliphatic heterocycles. The standard InChI is InChI=1S/C16H26N2O6S/c1-7-18(25(6,20)21)13-9-15(24-5)14(23-4)8-12(13)16(19)17-11(2)10-22-3/h8-9,11H,7,10H2,1-6H3,(H,17,19). The fourth-order valence-electron chi connectivity index (χ4n) is 2.43. The highest BCUT2D eigenvalue weighted by Crippen LogP contribution is 2.36. The van der Waals surface area contributed by atoms with E-state index in [4.69, 9.17) is 14.2 Å². The van der Waals surface area contributed by atoms with Gasteiger partial charge in [-0.25, -0.2) is 8.42 Å². The van der Waals surface area contributed by atoms with Gasteiger partial charge in [0.25, 0.3) is 5.91 Å². The van der Waals surface area contributed by atoms with Crippen LogP contribution in [0.4, 0.5) is 5.69 Å². The molecular weight excluding hydrogens is 348 g/mol. The normalized spacial score (nSPS) is 12.4. The molecule has 142 valence electrons. The van der Waals surface area contributed by atoms with Gasteiger partial charge in [-0.2, -0.15) is 0 Å². The molecule has 1 N–H and O–H groups in total. The molecule has 0 aromatic heterocycles. The molecule has 0 fully saturated rings. The number of nitrogens with zero attached hydrogens (tertiary/aromatic N) is 1. The molecule has 1 atom stereocenters. The number of benzene rings is 1. The van der Waals surface area contributed by atoms with Crippen LogP contribution in [0.5, 0.6) is 11.5 Å². The Kier molecular flexibility index (Phi) is 7.50. The minimum atomic E-state index is -3.58. The molecule has 1 aromatic rings. The summed E-state index contributed by atoms with van der Waals surface area (Å²) in [6.07, 6.45) is 1.09. The topological polar surface area (TPSA) is 94.2 Å². The molecule has 0 bridgehead atoms. The number of anilines is 1. The van der Waals surface area contributed by atoms with E-state index >= 15 is 0 Å². The fraction of sp³-hybridized carbons (Fsp3) is 0.562. The molecule has 0 saturated heterocycles. The van der Waals surface area contributed by atoms with Crippen LogP contribution in [0.3, 0.4) is 0 Å². The van der Waals surface area contributed by atoms with Crippen LogP contribution >= 0.6 is 0 Å². The molecule has 1 unspecified atom stereocenters. The molecule has 0 heterocycles. The highest BCUT2D eigenvalue weighted by molar-refractivity contribution is 7.92. The number of nitrogens with one attached hydrogen (secondary N) is 1. The van der Waals surface area contributed by atoms with Crippen LogP contribution in [0.2, 0.25) is 0 Å². The first-order valence-electron chi connectivity index (χ1n) is 7.73. The minimum Gasteiger partial charge on any atom is -0.493 e. The molecule has 1 aromatic carbocycles. The summed E-state index contributed by atoms with van der Waals surface area (Å²) in [5.41, 5.74) is 0.401. The first-order valence-corrected chi connectivity index (χ1v) is 9.57. The summed E-state index contributed by atoms with van der Waals surface area (Å²) in [5.74, 6) is 0.240. The van der Waals surface area contributed by atoms with Gasteiger partial charge in [-0.15, -0.1) is 0 Å². The summed E-state index contributed by atoms with van der Waals surface area (Å²) in [5, 5.41) is 2.77. The van der Waals surface area contributed by atoms with E-state index in [1.54, 1.807) is 13.8 Å². The summed E-state index contributed by atoms with van der Waals surface area (Å²) in [6.45, 7) is 3.98. The second-order valence-corrected chi connectivity index (χ2v) is 7.39. The van der Waals surface area contributed by atoms with E-state index < -0.39 is 15.9 Å². The van der Waals surface area contributed by atoms with Crippen molar-refractivity contribution in [1.29, 1.82) is 0 Å². The van der Waals surface area contributed by atoms with Crippen molar-refractivity contribution in [2.75, 3.05) is 45.0 Å². The number of sulfonamides is 1. The van der Waals surface area contributed by atoms with Gasteiger partial charge in [0, 0.05) is 25.8 Å². The van der Waals surface area contributed by atoms with Crippen molar-refractivity contribution >= 4 is 21.6 Å². The molecule has 1 rings (SSSR count). The predicted octanol–water partition coefficient (Wildman–Crippen LogP) is 1.25. The van der Waals surface area contributed by atoms with Crippen LogP contribution in [0, 0.1) is 0 Å². The average molecular weight is 374 g/mol. The van der Waals surface area contributed by atoms with Gasteiger partial charge >= 0.3 is 0 Å². The molecule has 25 heavy (non-hydrogen) atoms. The Morgan fingerprint density at radius 3 is 2.20 bits per heavy atom. The van der Waals surface area contributed by atoms with Gasteiger partial charge < -0.3 is 19.5 Å². The van der Waals surface area contributed by atoms with Gasteiger partial charge in [0.05, 0.1) is 38.3 Å². The summed E-state index contributed by atoms with van der Waals surface area (Å²) in [4.78, 5) is 12.7. The van der Waals surface area contributed by atoms with Crippen molar-refractivity contribution < 1.29 is 27.4 Å². The number of hydrogen-bond donors (Lipinski definition) is 1. The number of rotatable bonds is 9. The summed E-state index contributed by atoms with van der Waals surface area (Å²) in [6, 6.07) is 2.71. The van der Waals surface area contributed by atoms with Crippen LogP contribution in [0.25, 0.3) is 0 Å². The quantitative estimate of drug-likeness (QED) is 0.699. The summed E-state index contributed by atoms with van der Waals surface area (Å²) >= 11 is 0. The lowest BCUT2D eigenvalue weighted by Crippen LogP contribution is -2.37. The maximum absolute atomic E-state index is 12.7. The molecule has 0 aliphatic carbocycles. The van der Waals surface area contributed by atoms with E-state index in [0.717, 1.165) is 10.6 Å². The zero-order valence-corrected chi connectivity index (χ0v) is 16.3. The zero-order chi connectivity index (χ0) is 19.2. The summed E-state index contributed by atoms with van der Waals surface area (Å²) in [7, 11) is 0.848. The lowest BCUT2D eigenvalue weighted by atomic mass is 10.1. The first-order chi connectivity index (χ1) is 11.7. The third kappa shape index (κ3) is 5.23. The van der Waals surface area contributed by atoms with Crippen molar-refractivity contribution in [3.8, 4) is 11.5 Å². The monoisotopic (exact) mass is 374 g/mol. The first kappa shape index (κ1) is 21.0. The largest absolute Gasteiger partial charge is 0.493 e. The lowest BCUT2D eigenvalue weighted by molar-refractivity contribution is 0.0906. The molecule has 0 saturated carbocycles. The van der Waals surface area contributed by atoms with E-state index in [1.165, 1.54) is 33.5 Å². The Balaban J connectivity index is 3.49. The van der Waals surface area contributed by atoms with Gasteiger partial charge in [-0.1, -0.05) is 0 Å². The molecule has 0 spiro atoms. The van der Waals surface area contributed by atoms with Crippen LogP contribution in [-0.2, 0) is 14.8 Å². The molecule has 0 aliphatic rings. The highest BCUT2D eigenvalue weighted by atomic mass is 32.2. The van der Waals surface area contributed by atoms with E-state index in [9.17, 15) is 13.2 Å². The number of carbonyl (C=O) groups is 1. The van der Waals surface area contributed by atoms with Gasteiger partial charge in [-0.3, -0.25) is 9.10 Å². The maximum atomic E-state index is 12.7. The second-order valence-electron chi connectivity index (χ2n) is 5.48. The van der Waals surface area contributed by atoms with Crippen molar-refractivity contribution in [3.63, 3.8) is 0 Å². The van der Waals surface area contributed by atoms with Crippen molar-refractivity contribution in [2.24, 2.45) is 0 Å². The zero-order valence-electron chi connectivity index (χ0n) is 15.5. The number of methoxy groups -OCH3 is 3. The van der Waals surface area contributed by atoms with Crippen molar-refractivity contribution in [2.45, 2.75) is 19.9 Å². The van der Waals surface area contributed by atoms with Crippen LogP contribution < -0.4 is 19.1 Å². The SMILES string of the molecule is CCN(c1cc(OC)c(OC)cc1C(=O)NC(C)COC)S(C)(=O)=O. The highest BCUT2D eigenvalue weighted by Gasteiger charge is 2.25. The predicted molar refractivity (Wildman–Crippen MR) is 96.2 cm³/mol. The lowest BCUT2D eigenvalue weighted by Gasteiger charge is -2.25. The molecule has 8 nitrogen and oxygen atoms in total. The van der Waals surface area contributed by atoms with Gasteiger partial charge in [-0.05, 0) is 19.9 Å². The van der Waals surface area contributed by atoms with Crippen molar-refractivity contribution in [1.82, 2.24) is 5.32 Å². The molecule has 0 radical (unpaired) electrons. The smallest absolute Gasteiger partial charge is 0.253 e. The number of carbonyl (C=O) groups excluding carboxylic acids is 1. The van der Waals surface area contributed by atoms with Gasteiger partial charge in [0.15, 0.2) is 11.5 Å². The van der Waals surface area contributed by atoms with E-state index in [0.29, 0.717) is 18.1 Å². The van der Waals surface area contributed by atoms with E-state index in [1.807, 2.05) is 0 Å². The second kappa shape index (κ2) is 8.91. The Bertz CT molecular complexity index is 705. The Morgan fingerprint density at radius 1 is 1.20 bits per heavy atom. The van der Waals surface area contributed by atoms with Crippen LogP contribution in [0.15, 0.2) is 12.1 Å². The molecular formula is C16H26N2O6S. The van der Waals surface area contributed by atoms with Crippen LogP contribution in [-0.4, -0.2) is 61.1 Å². The number of hydrogen-bond acceptors (Lipinski definition) is 6. The third-order valence-electron chi connectivity index (χ3n) is 3.50. The molecule has 1 amide bonds. The van der Waals surface area contributed by atoms with Crippen LogP contribution in [0.1, 0.15) is 24.2 Å². The third-order valence-corrected chi connectivity index (χ3v) is 4.75. The summed E-state index contributed by atoms with van der Waals surface area (Å²) < 4.78 is 40.9. The molecule has 9 heteroatoms. The number of ether oxygens (including phenoxy) is 3. The fourth-order valence-corrected chi connectivity index (χ4v) is 3.41. The maximum Gasteiger partial charge on any atom is 0.253 e. The van der Waals surface area contributed by atoms with Gasteiger partial charge in [0.1, 0.15) is 0 Å². The minimum absolute atomic E-state index is 0.169. The van der Waals surface area contributed by atoms with E-state index in [-0.39, 0.29) is 23.8 Å².